The first-order valence-electron chi connectivity index (χ1n) is 7.89. The minimum absolute atomic E-state index is 0.0711. The lowest BCUT2D eigenvalue weighted by atomic mass is 10.0. The fraction of sp³-hybridized carbons (Fsp3) is 0.316. The van der Waals surface area contributed by atoms with Crippen molar-refractivity contribution in [3.05, 3.63) is 59.7 Å². The van der Waals surface area contributed by atoms with Gasteiger partial charge in [0, 0.05) is 10.6 Å². The Morgan fingerprint density at radius 3 is 2.91 bits per heavy atom. The number of hydrogen-bond acceptors (Lipinski definition) is 3. The number of thioether (sulfide) groups is 1. The third-order valence-electron chi connectivity index (χ3n) is 3.95. The normalized spacial score (nSPS) is 17.9. The number of fused-ring (bicyclic) bond motifs is 1. The smallest absolute Gasteiger partial charge is 0.261 e. The molecule has 0 radical (unpaired) electrons. The molecule has 1 N–H and O–H groups in total. The molecule has 1 amide bonds. The zero-order valence-corrected chi connectivity index (χ0v) is 14.2. The summed E-state index contributed by atoms with van der Waals surface area (Å²) in [6.45, 7) is 3.80. The Morgan fingerprint density at radius 2 is 2.09 bits per heavy atom. The van der Waals surface area contributed by atoms with E-state index in [4.69, 9.17) is 4.74 Å². The van der Waals surface area contributed by atoms with Gasteiger partial charge in [-0.2, -0.15) is 0 Å². The number of carbonyl (C=O) groups excluding carboxylic acids is 1. The third kappa shape index (κ3) is 3.88. The van der Waals surface area contributed by atoms with Gasteiger partial charge in [0.25, 0.3) is 5.91 Å². The Balaban J connectivity index is 1.65. The molecule has 0 aliphatic carbocycles. The Bertz CT molecular complexity index is 701. The van der Waals surface area contributed by atoms with Gasteiger partial charge >= 0.3 is 0 Å². The number of rotatable bonds is 4. The second-order valence-electron chi connectivity index (χ2n) is 5.81. The lowest BCUT2D eigenvalue weighted by Crippen LogP contribution is -2.39. The van der Waals surface area contributed by atoms with Crippen LogP contribution in [0, 0.1) is 6.92 Å². The van der Waals surface area contributed by atoms with Crippen molar-refractivity contribution >= 4 is 17.7 Å². The van der Waals surface area contributed by atoms with Gasteiger partial charge in [0.2, 0.25) is 0 Å². The minimum atomic E-state index is -0.515. The van der Waals surface area contributed by atoms with Gasteiger partial charge in [-0.3, -0.25) is 4.79 Å². The van der Waals surface area contributed by atoms with E-state index >= 15 is 0 Å². The van der Waals surface area contributed by atoms with Crippen LogP contribution in [0.5, 0.6) is 5.75 Å². The van der Waals surface area contributed by atoms with Gasteiger partial charge in [-0.15, -0.1) is 11.8 Å². The lowest BCUT2D eigenvalue weighted by molar-refractivity contribution is -0.128. The highest BCUT2D eigenvalue weighted by molar-refractivity contribution is 7.99. The molecule has 4 heteroatoms. The SMILES string of the molecule is Cc1cccc(O[C@H](C)C(=O)N[C@@H]2CCSc3ccccc32)c1. The summed E-state index contributed by atoms with van der Waals surface area (Å²) in [7, 11) is 0. The molecule has 2 aromatic rings. The van der Waals surface area contributed by atoms with Crippen molar-refractivity contribution in [2.24, 2.45) is 0 Å². The van der Waals surface area contributed by atoms with Crippen molar-refractivity contribution in [2.75, 3.05) is 5.75 Å². The Kier molecular flexibility index (Phi) is 4.91. The van der Waals surface area contributed by atoms with Crippen LogP contribution in [0.4, 0.5) is 0 Å². The number of hydrogen-bond donors (Lipinski definition) is 1. The van der Waals surface area contributed by atoms with Crippen molar-refractivity contribution in [3.8, 4) is 5.75 Å². The molecule has 0 unspecified atom stereocenters. The number of aryl methyl sites for hydroxylation is 1. The van der Waals surface area contributed by atoms with Gasteiger partial charge in [-0.1, -0.05) is 30.3 Å². The number of nitrogens with one attached hydrogen (secondary N) is 1. The van der Waals surface area contributed by atoms with Crippen LogP contribution in [0.25, 0.3) is 0 Å². The summed E-state index contributed by atoms with van der Waals surface area (Å²) < 4.78 is 5.77. The molecule has 3 nitrogen and oxygen atoms in total. The van der Waals surface area contributed by atoms with E-state index in [-0.39, 0.29) is 11.9 Å². The average molecular weight is 327 g/mol. The summed E-state index contributed by atoms with van der Waals surface area (Å²) in [4.78, 5) is 13.7. The van der Waals surface area contributed by atoms with Crippen LogP contribution in [-0.2, 0) is 4.79 Å². The summed E-state index contributed by atoms with van der Waals surface area (Å²) in [5.74, 6) is 1.68. The first kappa shape index (κ1) is 15.9. The Morgan fingerprint density at radius 1 is 1.26 bits per heavy atom. The van der Waals surface area contributed by atoms with E-state index in [9.17, 15) is 4.79 Å². The average Bonchev–Trinajstić information content (AvgIpc) is 2.55. The second kappa shape index (κ2) is 7.09. The molecule has 1 aliphatic heterocycles. The first-order chi connectivity index (χ1) is 11.1. The van der Waals surface area contributed by atoms with Crippen LogP contribution in [0.15, 0.2) is 53.4 Å². The van der Waals surface area contributed by atoms with Crippen LogP contribution in [0.3, 0.4) is 0 Å². The van der Waals surface area contributed by atoms with Gasteiger partial charge in [0.15, 0.2) is 6.10 Å². The van der Waals surface area contributed by atoms with E-state index in [1.165, 1.54) is 10.5 Å². The molecule has 0 bridgehead atoms. The monoisotopic (exact) mass is 327 g/mol. The first-order valence-corrected chi connectivity index (χ1v) is 8.87. The Labute approximate surface area is 141 Å². The van der Waals surface area contributed by atoms with Gasteiger partial charge in [0.05, 0.1) is 6.04 Å². The minimum Gasteiger partial charge on any atom is -0.481 e. The van der Waals surface area contributed by atoms with Gasteiger partial charge in [-0.05, 0) is 49.6 Å². The fourth-order valence-corrected chi connectivity index (χ4v) is 3.85. The van der Waals surface area contributed by atoms with Gasteiger partial charge < -0.3 is 10.1 Å². The van der Waals surface area contributed by atoms with Crippen molar-refractivity contribution in [1.29, 1.82) is 0 Å². The highest BCUT2D eigenvalue weighted by Crippen LogP contribution is 2.35. The maximum Gasteiger partial charge on any atom is 0.261 e. The van der Waals surface area contributed by atoms with E-state index in [0.29, 0.717) is 0 Å². The maximum absolute atomic E-state index is 12.5. The van der Waals surface area contributed by atoms with E-state index in [1.54, 1.807) is 6.92 Å². The van der Waals surface area contributed by atoms with Crippen LogP contribution in [-0.4, -0.2) is 17.8 Å². The number of ether oxygens (including phenoxy) is 1. The van der Waals surface area contributed by atoms with Crippen LogP contribution in [0.1, 0.15) is 30.5 Å². The van der Waals surface area contributed by atoms with Gasteiger partial charge in [-0.25, -0.2) is 0 Å². The molecule has 3 rings (SSSR count). The molecule has 2 aromatic carbocycles. The predicted molar refractivity (Wildman–Crippen MR) is 93.9 cm³/mol. The summed E-state index contributed by atoms with van der Waals surface area (Å²) in [6, 6.07) is 16.1. The zero-order chi connectivity index (χ0) is 16.2. The predicted octanol–water partition coefficient (Wildman–Crippen LogP) is 4.12. The molecule has 0 saturated carbocycles. The molecule has 0 saturated heterocycles. The molecule has 23 heavy (non-hydrogen) atoms. The van der Waals surface area contributed by atoms with Crippen molar-refractivity contribution < 1.29 is 9.53 Å². The summed E-state index contributed by atoms with van der Waals surface area (Å²) in [6.07, 6.45) is 0.434. The van der Waals surface area contributed by atoms with Crippen molar-refractivity contribution in [2.45, 2.75) is 37.3 Å². The molecule has 0 spiro atoms. The highest BCUT2D eigenvalue weighted by atomic mass is 32.2. The molecule has 2 atom stereocenters. The molecule has 1 heterocycles. The zero-order valence-electron chi connectivity index (χ0n) is 13.4. The van der Waals surface area contributed by atoms with E-state index < -0.39 is 6.10 Å². The van der Waals surface area contributed by atoms with Crippen molar-refractivity contribution in [3.63, 3.8) is 0 Å². The topological polar surface area (TPSA) is 38.3 Å². The second-order valence-corrected chi connectivity index (χ2v) is 6.95. The fourth-order valence-electron chi connectivity index (χ4n) is 2.73. The standard InChI is InChI=1S/C19H21NO2S/c1-13-6-5-7-15(12-13)22-14(2)19(21)20-17-10-11-23-18-9-4-3-8-16(17)18/h3-9,12,14,17H,10-11H2,1-2H3,(H,20,21)/t14-,17-/m1/s1. The van der Waals surface area contributed by atoms with E-state index in [1.807, 2.05) is 55.1 Å². The van der Waals surface area contributed by atoms with E-state index in [0.717, 1.165) is 23.5 Å². The van der Waals surface area contributed by atoms with E-state index in [2.05, 4.69) is 17.4 Å². The third-order valence-corrected chi connectivity index (χ3v) is 5.07. The highest BCUT2D eigenvalue weighted by Gasteiger charge is 2.24. The Hall–Kier alpha value is -1.94. The van der Waals surface area contributed by atoms with Crippen molar-refractivity contribution in [1.82, 2.24) is 5.32 Å². The molecule has 0 aromatic heterocycles. The summed E-state index contributed by atoms with van der Waals surface area (Å²) in [5, 5.41) is 3.13. The maximum atomic E-state index is 12.5. The molecule has 120 valence electrons. The van der Waals surface area contributed by atoms with Crippen LogP contribution in [0.2, 0.25) is 0 Å². The quantitative estimate of drug-likeness (QED) is 0.918. The van der Waals surface area contributed by atoms with Crippen LogP contribution < -0.4 is 10.1 Å². The molecule has 1 aliphatic rings. The molecular formula is C19H21NO2S. The number of carbonyl (C=O) groups is 1. The molecular weight excluding hydrogens is 306 g/mol. The molecule has 0 fully saturated rings. The summed E-state index contributed by atoms with van der Waals surface area (Å²) in [5.41, 5.74) is 2.33. The van der Waals surface area contributed by atoms with Crippen LogP contribution >= 0.6 is 11.8 Å². The largest absolute Gasteiger partial charge is 0.481 e. The number of amides is 1. The number of benzene rings is 2. The summed E-state index contributed by atoms with van der Waals surface area (Å²) >= 11 is 1.85. The van der Waals surface area contributed by atoms with Gasteiger partial charge in [0.1, 0.15) is 5.75 Å². The lowest BCUT2D eigenvalue weighted by Gasteiger charge is -2.27.